The molecule has 8 heteroatoms. The summed E-state index contributed by atoms with van der Waals surface area (Å²) in [6.45, 7) is 2.67. The topological polar surface area (TPSA) is 74.2 Å². The molecule has 0 radical (unpaired) electrons. The lowest BCUT2D eigenvalue weighted by Crippen LogP contribution is -2.48. The quantitative estimate of drug-likeness (QED) is 0.667. The highest BCUT2D eigenvalue weighted by Crippen LogP contribution is 2.54. The Kier molecular flexibility index (Phi) is 5.95. The van der Waals surface area contributed by atoms with E-state index in [1.165, 1.54) is 19.4 Å². The molecule has 2 unspecified atom stereocenters. The zero-order valence-corrected chi connectivity index (χ0v) is 16.8. The second-order valence-electron chi connectivity index (χ2n) is 6.59. The van der Waals surface area contributed by atoms with Crippen molar-refractivity contribution in [1.29, 1.82) is 0 Å². The zero-order chi connectivity index (χ0) is 19.6. The smallest absolute Gasteiger partial charge is 0.315 e. The number of hydrogen-bond donors (Lipinski definition) is 0. The Bertz CT molecular complexity index is 776. The average molecular weight is 442 g/mol. The van der Waals surface area contributed by atoms with Crippen LogP contribution in [0.15, 0.2) is 21.6 Å². The number of carbonyl (C=O) groups excluding carboxylic acids is 2. The van der Waals surface area contributed by atoms with Gasteiger partial charge in [-0.25, -0.2) is 4.39 Å². The summed E-state index contributed by atoms with van der Waals surface area (Å²) in [6.07, 6.45) is 2.24. The molecule has 1 fully saturated rings. The Balaban J connectivity index is 2.20. The highest BCUT2D eigenvalue weighted by molar-refractivity contribution is 9.10. The predicted molar refractivity (Wildman–Crippen MR) is 99.6 cm³/mol. The number of carbonyl (C=O) groups is 2. The standard InChI is InChI=1S/C19H21BrFNO5/c1-3-27-17(23)12-10-22-16-11(4-5-13(21)15(16)20)14(12)19(18(24)25-2)6-8-26-9-7-19/h4-5,10,12,14H,3,6-9H2,1-2H3. The molecule has 0 N–H and O–H groups in total. The normalized spacial score (nSPS) is 23.4. The van der Waals surface area contributed by atoms with Crippen LogP contribution >= 0.6 is 15.9 Å². The van der Waals surface area contributed by atoms with E-state index in [1.54, 1.807) is 13.0 Å². The molecule has 0 aliphatic carbocycles. The Morgan fingerprint density at radius 3 is 2.70 bits per heavy atom. The van der Waals surface area contributed by atoms with Crippen molar-refractivity contribution in [1.82, 2.24) is 0 Å². The molecule has 0 aromatic heterocycles. The molecule has 2 atom stereocenters. The van der Waals surface area contributed by atoms with Gasteiger partial charge < -0.3 is 14.2 Å². The largest absolute Gasteiger partial charge is 0.469 e. The molecular weight excluding hydrogens is 421 g/mol. The predicted octanol–water partition coefficient (Wildman–Crippen LogP) is 3.54. The first-order valence-corrected chi connectivity index (χ1v) is 9.60. The van der Waals surface area contributed by atoms with E-state index in [2.05, 4.69) is 20.9 Å². The van der Waals surface area contributed by atoms with Crippen molar-refractivity contribution in [3.8, 4) is 0 Å². The van der Waals surface area contributed by atoms with Crippen LogP contribution < -0.4 is 0 Å². The van der Waals surface area contributed by atoms with Crippen molar-refractivity contribution >= 4 is 39.8 Å². The van der Waals surface area contributed by atoms with E-state index in [0.29, 0.717) is 37.3 Å². The third kappa shape index (κ3) is 3.40. The monoisotopic (exact) mass is 441 g/mol. The van der Waals surface area contributed by atoms with Gasteiger partial charge >= 0.3 is 11.9 Å². The van der Waals surface area contributed by atoms with E-state index >= 15 is 0 Å². The molecule has 1 aromatic rings. The second kappa shape index (κ2) is 8.06. The molecule has 1 aromatic carbocycles. The maximum absolute atomic E-state index is 14.0. The van der Waals surface area contributed by atoms with Crippen molar-refractivity contribution < 1.29 is 28.2 Å². The van der Waals surface area contributed by atoms with Crippen LogP contribution in [0, 0.1) is 17.2 Å². The molecule has 2 heterocycles. The molecule has 6 nitrogen and oxygen atoms in total. The van der Waals surface area contributed by atoms with Crippen molar-refractivity contribution in [3.05, 3.63) is 28.0 Å². The van der Waals surface area contributed by atoms with Crippen molar-refractivity contribution in [2.24, 2.45) is 16.3 Å². The Labute approximate surface area is 165 Å². The first-order valence-electron chi connectivity index (χ1n) is 8.81. The minimum absolute atomic E-state index is 0.204. The fraction of sp³-hybridized carbons (Fsp3) is 0.526. The summed E-state index contributed by atoms with van der Waals surface area (Å²) in [5.74, 6) is -2.69. The summed E-state index contributed by atoms with van der Waals surface area (Å²) < 4.78 is 30.1. The van der Waals surface area contributed by atoms with Gasteiger partial charge in [-0.05, 0) is 47.3 Å². The lowest BCUT2D eigenvalue weighted by atomic mass is 9.61. The molecule has 0 amide bonds. The molecule has 2 aliphatic rings. The highest BCUT2D eigenvalue weighted by atomic mass is 79.9. The summed E-state index contributed by atoms with van der Waals surface area (Å²) in [5.41, 5.74) is 0.0227. The summed E-state index contributed by atoms with van der Waals surface area (Å²) in [4.78, 5) is 29.9. The van der Waals surface area contributed by atoms with Crippen LogP contribution in [0.4, 0.5) is 10.1 Å². The van der Waals surface area contributed by atoms with Crippen LogP contribution in [-0.4, -0.2) is 45.1 Å². The first-order chi connectivity index (χ1) is 13.0. The molecule has 0 saturated carbocycles. The summed E-state index contributed by atoms with van der Waals surface area (Å²) in [5, 5.41) is 0. The number of aliphatic imine (C=N–C) groups is 1. The van der Waals surface area contributed by atoms with Crippen LogP contribution in [0.1, 0.15) is 31.2 Å². The Hall–Kier alpha value is -1.80. The minimum atomic E-state index is -0.983. The number of esters is 2. The van der Waals surface area contributed by atoms with E-state index in [-0.39, 0.29) is 11.1 Å². The lowest BCUT2D eigenvalue weighted by Gasteiger charge is -2.44. The SMILES string of the molecule is CCOC(=O)C1C=Nc2c(ccc(F)c2Br)C1C1(C(=O)OC)CCOCC1. The van der Waals surface area contributed by atoms with Gasteiger partial charge in [0, 0.05) is 25.3 Å². The van der Waals surface area contributed by atoms with Crippen molar-refractivity contribution in [2.75, 3.05) is 26.9 Å². The van der Waals surface area contributed by atoms with E-state index in [1.807, 2.05) is 0 Å². The van der Waals surface area contributed by atoms with Gasteiger partial charge in [0.05, 0.1) is 29.3 Å². The van der Waals surface area contributed by atoms with Gasteiger partial charge in [0.25, 0.3) is 0 Å². The van der Waals surface area contributed by atoms with E-state index in [0.717, 1.165) is 0 Å². The van der Waals surface area contributed by atoms with Gasteiger partial charge in [-0.2, -0.15) is 0 Å². The minimum Gasteiger partial charge on any atom is -0.469 e. The number of methoxy groups -OCH3 is 1. The molecule has 0 bridgehead atoms. The lowest BCUT2D eigenvalue weighted by molar-refractivity contribution is -0.164. The molecular formula is C19H21BrFNO5. The molecule has 27 heavy (non-hydrogen) atoms. The van der Waals surface area contributed by atoms with Crippen LogP contribution in [0.5, 0.6) is 0 Å². The van der Waals surface area contributed by atoms with Gasteiger partial charge in [-0.3, -0.25) is 14.6 Å². The maximum Gasteiger partial charge on any atom is 0.315 e. The van der Waals surface area contributed by atoms with Crippen LogP contribution in [-0.2, 0) is 23.8 Å². The number of hydrogen-bond acceptors (Lipinski definition) is 6. The Morgan fingerprint density at radius 1 is 1.37 bits per heavy atom. The third-order valence-electron chi connectivity index (χ3n) is 5.29. The second-order valence-corrected chi connectivity index (χ2v) is 7.39. The maximum atomic E-state index is 14.0. The van der Waals surface area contributed by atoms with Crippen molar-refractivity contribution in [2.45, 2.75) is 25.7 Å². The van der Waals surface area contributed by atoms with Gasteiger partial charge in [-0.15, -0.1) is 0 Å². The molecule has 3 rings (SSSR count). The van der Waals surface area contributed by atoms with E-state index < -0.39 is 35.0 Å². The van der Waals surface area contributed by atoms with E-state index in [9.17, 15) is 14.0 Å². The molecule has 0 spiro atoms. The summed E-state index contributed by atoms with van der Waals surface area (Å²) in [6, 6.07) is 2.90. The number of benzene rings is 1. The highest BCUT2D eigenvalue weighted by Gasteiger charge is 2.54. The number of fused-ring (bicyclic) bond motifs is 1. The van der Waals surface area contributed by atoms with Gasteiger partial charge in [-0.1, -0.05) is 6.07 Å². The average Bonchev–Trinajstić information content (AvgIpc) is 2.70. The van der Waals surface area contributed by atoms with Crippen LogP contribution in [0.25, 0.3) is 0 Å². The van der Waals surface area contributed by atoms with Gasteiger partial charge in [0.2, 0.25) is 0 Å². The van der Waals surface area contributed by atoms with Crippen LogP contribution in [0.2, 0.25) is 0 Å². The number of rotatable bonds is 4. The number of ether oxygens (including phenoxy) is 3. The summed E-state index contributed by atoms with van der Waals surface area (Å²) in [7, 11) is 1.33. The fourth-order valence-corrected chi connectivity index (χ4v) is 4.49. The van der Waals surface area contributed by atoms with Gasteiger partial charge in [0.15, 0.2) is 0 Å². The van der Waals surface area contributed by atoms with Gasteiger partial charge in [0.1, 0.15) is 11.7 Å². The van der Waals surface area contributed by atoms with E-state index in [4.69, 9.17) is 14.2 Å². The third-order valence-corrected chi connectivity index (χ3v) is 6.04. The summed E-state index contributed by atoms with van der Waals surface area (Å²) >= 11 is 3.23. The molecule has 1 saturated heterocycles. The Morgan fingerprint density at radius 2 is 2.07 bits per heavy atom. The number of nitrogens with zero attached hydrogens (tertiary/aromatic N) is 1. The fourth-order valence-electron chi connectivity index (χ4n) is 4.03. The van der Waals surface area contributed by atoms with Crippen LogP contribution in [0.3, 0.4) is 0 Å². The molecule has 2 aliphatic heterocycles. The zero-order valence-electron chi connectivity index (χ0n) is 15.2. The molecule has 146 valence electrons. The van der Waals surface area contributed by atoms with Crippen molar-refractivity contribution in [3.63, 3.8) is 0 Å². The number of halogens is 2. The first kappa shape index (κ1) is 19.9.